The maximum absolute atomic E-state index is 13.4. The maximum Gasteiger partial charge on any atom is 0.254 e. The van der Waals surface area contributed by atoms with Crippen LogP contribution in [-0.2, 0) is 6.42 Å². The lowest BCUT2D eigenvalue weighted by Gasteiger charge is -2.07. The summed E-state index contributed by atoms with van der Waals surface area (Å²) < 4.78 is 39.2. The minimum absolute atomic E-state index is 0.235. The third kappa shape index (κ3) is 3.76. The zero-order chi connectivity index (χ0) is 15.4. The molecular formula is C15H11ClF3NO. The van der Waals surface area contributed by atoms with E-state index in [1.165, 1.54) is 0 Å². The average molecular weight is 314 g/mol. The summed E-state index contributed by atoms with van der Waals surface area (Å²) in [6, 6.07) is 8.65. The van der Waals surface area contributed by atoms with Crippen molar-refractivity contribution < 1.29 is 18.0 Å². The largest absolute Gasteiger partial charge is 0.352 e. The average Bonchev–Trinajstić information content (AvgIpc) is 2.47. The SMILES string of the molecule is O=C(NCCc1ccc(Cl)cc1)c1ccc(F)c(F)c1F. The Labute approximate surface area is 124 Å². The van der Waals surface area contributed by atoms with Crippen molar-refractivity contribution in [2.45, 2.75) is 6.42 Å². The van der Waals surface area contributed by atoms with E-state index >= 15 is 0 Å². The van der Waals surface area contributed by atoms with Crippen molar-refractivity contribution in [3.8, 4) is 0 Å². The van der Waals surface area contributed by atoms with Crippen LogP contribution in [0.25, 0.3) is 0 Å². The molecular weight excluding hydrogens is 303 g/mol. The van der Waals surface area contributed by atoms with Gasteiger partial charge in [0.1, 0.15) is 0 Å². The molecule has 0 spiro atoms. The lowest BCUT2D eigenvalue weighted by atomic mass is 10.1. The van der Waals surface area contributed by atoms with Crippen molar-refractivity contribution in [1.29, 1.82) is 0 Å². The molecule has 2 rings (SSSR count). The van der Waals surface area contributed by atoms with Crippen LogP contribution in [0.5, 0.6) is 0 Å². The summed E-state index contributed by atoms with van der Waals surface area (Å²) in [6.07, 6.45) is 0.508. The van der Waals surface area contributed by atoms with Gasteiger partial charge in [-0.1, -0.05) is 23.7 Å². The van der Waals surface area contributed by atoms with Gasteiger partial charge in [0, 0.05) is 11.6 Å². The molecule has 1 N–H and O–H groups in total. The standard InChI is InChI=1S/C15H11ClF3NO/c16-10-3-1-9(2-4-10)7-8-20-15(21)11-5-6-12(17)14(19)13(11)18/h1-6H,7-8H2,(H,20,21). The predicted molar refractivity (Wildman–Crippen MR) is 73.8 cm³/mol. The topological polar surface area (TPSA) is 29.1 Å². The quantitative estimate of drug-likeness (QED) is 0.856. The van der Waals surface area contributed by atoms with Crippen LogP contribution in [0.1, 0.15) is 15.9 Å². The molecule has 110 valence electrons. The van der Waals surface area contributed by atoms with Crippen molar-refractivity contribution in [1.82, 2.24) is 5.32 Å². The summed E-state index contributed by atoms with van der Waals surface area (Å²) in [7, 11) is 0. The fourth-order valence-electron chi connectivity index (χ4n) is 1.77. The van der Waals surface area contributed by atoms with E-state index in [-0.39, 0.29) is 6.54 Å². The van der Waals surface area contributed by atoms with Crippen LogP contribution in [0.4, 0.5) is 13.2 Å². The molecule has 6 heteroatoms. The summed E-state index contributed by atoms with van der Waals surface area (Å²) >= 11 is 5.74. The number of carbonyl (C=O) groups is 1. The second kappa shape index (κ2) is 6.63. The van der Waals surface area contributed by atoms with E-state index in [1.54, 1.807) is 24.3 Å². The minimum Gasteiger partial charge on any atom is -0.352 e. The Hall–Kier alpha value is -2.01. The highest BCUT2D eigenvalue weighted by Gasteiger charge is 2.18. The molecule has 0 aliphatic rings. The lowest BCUT2D eigenvalue weighted by molar-refractivity contribution is 0.0949. The van der Waals surface area contributed by atoms with Gasteiger partial charge < -0.3 is 5.32 Å². The normalized spacial score (nSPS) is 10.5. The number of hydrogen-bond donors (Lipinski definition) is 1. The van der Waals surface area contributed by atoms with Crippen LogP contribution in [0.15, 0.2) is 36.4 Å². The zero-order valence-electron chi connectivity index (χ0n) is 10.8. The fraction of sp³-hybridized carbons (Fsp3) is 0.133. The van der Waals surface area contributed by atoms with Crippen LogP contribution in [0.2, 0.25) is 5.02 Å². The Morgan fingerprint density at radius 3 is 2.33 bits per heavy atom. The van der Waals surface area contributed by atoms with Crippen LogP contribution in [0, 0.1) is 17.5 Å². The fourth-order valence-corrected chi connectivity index (χ4v) is 1.89. The molecule has 0 heterocycles. The molecule has 0 atom stereocenters. The van der Waals surface area contributed by atoms with Gasteiger partial charge in [0.15, 0.2) is 17.5 Å². The first kappa shape index (κ1) is 15.4. The van der Waals surface area contributed by atoms with Gasteiger partial charge >= 0.3 is 0 Å². The highest BCUT2D eigenvalue weighted by Crippen LogP contribution is 2.15. The second-order valence-electron chi connectivity index (χ2n) is 4.36. The number of rotatable bonds is 4. The van der Waals surface area contributed by atoms with Gasteiger partial charge in [-0.3, -0.25) is 4.79 Å². The molecule has 21 heavy (non-hydrogen) atoms. The van der Waals surface area contributed by atoms with Gasteiger partial charge in [-0.05, 0) is 36.2 Å². The molecule has 0 saturated heterocycles. The molecule has 2 aromatic carbocycles. The van der Waals surface area contributed by atoms with Crippen LogP contribution in [-0.4, -0.2) is 12.5 Å². The first-order valence-electron chi connectivity index (χ1n) is 6.15. The summed E-state index contributed by atoms with van der Waals surface area (Å²) in [5.41, 5.74) is 0.412. The van der Waals surface area contributed by atoms with Gasteiger partial charge in [0.05, 0.1) is 5.56 Å². The summed E-state index contributed by atoms with van der Waals surface area (Å²) in [6.45, 7) is 0.235. The maximum atomic E-state index is 13.4. The number of hydrogen-bond acceptors (Lipinski definition) is 1. The molecule has 1 amide bonds. The van der Waals surface area contributed by atoms with Crippen LogP contribution >= 0.6 is 11.6 Å². The van der Waals surface area contributed by atoms with E-state index in [0.717, 1.165) is 11.6 Å². The molecule has 0 aliphatic heterocycles. The zero-order valence-corrected chi connectivity index (χ0v) is 11.6. The van der Waals surface area contributed by atoms with Crippen molar-refractivity contribution in [3.05, 3.63) is 70.0 Å². The number of amides is 1. The molecule has 0 aromatic heterocycles. The Kier molecular flexibility index (Phi) is 4.85. The van der Waals surface area contributed by atoms with Gasteiger partial charge in [-0.2, -0.15) is 0 Å². The molecule has 0 radical (unpaired) electrons. The summed E-state index contributed by atoms with van der Waals surface area (Å²) in [4.78, 5) is 11.7. The van der Waals surface area contributed by atoms with Crippen molar-refractivity contribution in [3.63, 3.8) is 0 Å². The van der Waals surface area contributed by atoms with E-state index in [9.17, 15) is 18.0 Å². The number of benzene rings is 2. The molecule has 0 saturated carbocycles. The first-order chi connectivity index (χ1) is 9.99. The molecule has 2 nitrogen and oxygen atoms in total. The Morgan fingerprint density at radius 2 is 1.67 bits per heavy atom. The monoisotopic (exact) mass is 313 g/mol. The smallest absolute Gasteiger partial charge is 0.254 e. The summed E-state index contributed by atoms with van der Waals surface area (Å²) in [5, 5.41) is 3.05. The first-order valence-corrected chi connectivity index (χ1v) is 6.53. The van der Waals surface area contributed by atoms with E-state index in [4.69, 9.17) is 11.6 Å². The predicted octanol–water partition coefficient (Wildman–Crippen LogP) is 3.73. The van der Waals surface area contributed by atoms with Crippen molar-refractivity contribution in [2.75, 3.05) is 6.54 Å². The Morgan fingerprint density at radius 1 is 1.00 bits per heavy atom. The Bertz CT molecular complexity index is 659. The number of nitrogens with one attached hydrogen (secondary N) is 1. The van der Waals surface area contributed by atoms with E-state index in [2.05, 4.69) is 5.32 Å². The molecule has 2 aromatic rings. The molecule has 0 fully saturated rings. The van der Waals surface area contributed by atoms with Gasteiger partial charge in [-0.25, -0.2) is 13.2 Å². The molecule has 0 bridgehead atoms. The van der Waals surface area contributed by atoms with Crippen LogP contribution < -0.4 is 5.32 Å². The lowest BCUT2D eigenvalue weighted by Crippen LogP contribution is -2.27. The van der Waals surface area contributed by atoms with Gasteiger partial charge in [0.25, 0.3) is 5.91 Å². The third-order valence-corrected chi connectivity index (χ3v) is 3.14. The Balaban J connectivity index is 1.96. The van der Waals surface area contributed by atoms with E-state index in [1.807, 2.05) is 0 Å². The summed E-state index contributed by atoms with van der Waals surface area (Å²) in [5.74, 6) is -5.26. The highest BCUT2D eigenvalue weighted by molar-refractivity contribution is 6.30. The number of carbonyl (C=O) groups excluding carboxylic acids is 1. The van der Waals surface area contributed by atoms with Crippen molar-refractivity contribution >= 4 is 17.5 Å². The van der Waals surface area contributed by atoms with Crippen LogP contribution in [0.3, 0.4) is 0 Å². The van der Waals surface area contributed by atoms with Crippen molar-refractivity contribution in [2.24, 2.45) is 0 Å². The molecule has 0 unspecified atom stereocenters. The van der Waals surface area contributed by atoms with Gasteiger partial charge in [-0.15, -0.1) is 0 Å². The van der Waals surface area contributed by atoms with Gasteiger partial charge in [0.2, 0.25) is 0 Å². The second-order valence-corrected chi connectivity index (χ2v) is 4.79. The highest BCUT2D eigenvalue weighted by atomic mass is 35.5. The number of halogens is 4. The molecule has 0 aliphatic carbocycles. The minimum atomic E-state index is -1.65. The third-order valence-electron chi connectivity index (χ3n) is 2.89. The van der Waals surface area contributed by atoms with E-state index < -0.39 is 28.9 Å². The van der Waals surface area contributed by atoms with E-state index in [0.29, 0.717) is 17.5 Å².